The van der Waals surface area contributed by atoms with Crippen molar-refractivity contribution >= 4 is 34.1 Å². The number of aromatic nitrogens is 1. The van der Waals surface area contributed by atoms with E-state index in [1.165, 1.54) is 35.6 Å². The number of thiazole rings is 1. The van der Waals surface area contributed by atoms with Crippen molar-refractivity contribution in [2.45, 2.75) is 10.7 Å². The maximum atomic E-state index is 12.4. The van der Waals surface area contributed by atoms with Gasteiger partial charge in [0, 0.05) is 27.5 Å². The van der Waals surface area contributed by atoms with Crippen molar-refractivity contribution < 1.29 is 23.0 Å². The molecule has 1 heterocycles. The highest BCUT2D eigenvalue weighted by Crippen LogP contribution is 2.35. The van der Waals surface area contributed by atoms with Crippen LogP contribution in [0.1, 0.15) is 10.4 Å². The summed E-state index contributed by atoms with van der Waals surface area (Å²) in [7, 11) is 3.13. The van der Waals surface area contributed by atoms with Crippen LogP contribution < -0.4 is 14.8 Å². The molecule has 146 valence electrons. The number of halogens is 2. The second-order valence-corrected chi connectivity index (χ2v) is 7.38. The van der Waals surface area contributed by atoms with Gasteiger partial charge in [-0.15, -0.1) is 11.3 Å². The number of anilines is 1. The van der Waals surface area contributed by atoms with Gasteiger partial charge >= 0.3 is 0 Å². The average Bonchev–Trinajstić information content (AvgIpc) is 3.15. The van der Waals surface area contributed by atoms with Gasteiger partial charge in [-0.2, -0.15) is 8.78 Å². The molecule has 0 aliphatic heterocycles. The van der Waals surface area contributed by atoms with Crippen molar-refractivity contribution in [2.24, 2.45) is 0 Å². The summed E-state index contributed by atoms with van der Waals surface area (Å²) < 4.78 is 35.3. The molecule has 1 aromatic heterocycles. The van der Waals surface area contributed by atoms with E-state index in [0.717, 1.165) is 5.56 Å². The number of ether oxygens (including phenoxy) is 2. The van der Waals surface area contributed by atoms with E-state index in [0.29, 0.717) is 44.5 Å². The zero-order valence-corrected chi connectivity index (χ0v) is 16.6. The van der Waals surface area contributed by atoms with Crippen LogP contribution in [0.3, 0.4) is 0 Å². The number of hydrogen-bond acceptors (Lipinski definition) is 6. The number of nitrogens with one attached hydrogen (secondary N) is 1. The third kappa shape index (κ3) is 4.79. The lowest BCUT2D eigenvalue weighted by Gasteiger charge is -2.08. The molecule has 5 nitrogen and oxygen atoms in total. The Morgan fingerprint density at radius 2 is 1.89 bits per heavy atom. The van der Waals surface area contributed by atoms with Gasteiger partial charge in [0.05, 0.1) is 19.9 Å². The van der Waals surface area contributed by atoms with Crippen molar-refractivity contribution in [2.75, 3.05) is 19.5 Å². The Balaban J connectivity index is 1.73. The molecule has 0 fully saturated rings. The standard InChI is InChI=1S/C19H16F2N2O3S2/c1-25-12-5-8-14(16(9-12)26-2)15-10-27-19(22-15)23-17(24)11-3-6-13(7-4-11)28-18(20)21/h3-10,18H,1-2H3,(H,22,23,24). The normalized spacial score (nSPS) is 10.8. The minimum absolute atomic E-state index is 0.359. The number of rotatable bonds is 7. The number of methoxy groups -OCH3 is 2. The molecule has 1 N–H and O–H groups in total. The summed E-state index contributed by atoms with van der Waals surface area (Å²) in [5.74, 6) is -1.59. The summed E-state index contributed by atoms with van der Waals surface area (Å²) in [6, 6.07) is 11.4. The molecule has 0 aliphatic rings. The average molecular weight is 422 g/mol. The molecule has 3 aromatic rings. The van der Waals surface area contributed by atoms with E-state index >= 15 is 0 Å². The molecule has 0 atom stereocenters. The lowest BCUT2D eigenvalue weighted by molar-refractivity contribution is 0.102. The molecule has 0 radical (unpaired) electrons. The fraction of sp³-hybridized carbons (Fsp3) is 0.158. The second kappa shape index (κ2) is 9.03. The van der Waals surface area contributed by atoms with Gasteiger partial charge in [0.15, 0.2) is 5.13 Å². The third-order valence-corrected chi connectivity index (χ3v) is 5.23. The summed E-state index contributed by atoms with van der Waals surface area (Å²) in [4.78, 5) is 17.2. The smallest absolute Gasteiger partial charge is 0.288 e. The molecule has 0 spiro atoms. The molecule has 3 rings (SSSR count). The Bertz CT molecular complexity index is 962. The molecular weight excluding hydrogens is 406 g/mol. The quantitative estimate of drug-likeness (QED) is 0.517. The van der Waals surface area contributed by atoms with Gasteiger partial charge in [-0.3, -0.25) is 10.1 Å². The molecular formula is C19H16F2N2O3S2. The SMILES string of the molecule is COc1ccc(-c2csc(NC(=O)c3ccc(SC(F)F)cc3)n2)c(OC)c1. The van der Waals surface area contributed by atoms with Crippen LogP contribution in [0, 0.1) is 0 Å². The maximum Gasteiger partial charge on any atom is 0.288 e. The summed E-state index contributed by atoms with van der Waals surface area (Å²) in [6.45, 7) is 0. The number of thioether (sulfide) groups is 1. The fourth-order valence-corrected chi connectivity index (χ4v) is 3.63. The highest BCUT2D eigenvalue weighted by atomic mass is 32.2. The molecule has 9 heteroatoms. The number of nitrogens with zero attached hydrogens (tertiary/aromatic N) is 1. The Kier molecular flexibility index (Phi) is 6.48. The fourth-order valence-electron chi connectivity index (χ4n) is 2.42. The predicted molar refractivity (Wildman–Crippen MR) is 107 cm³/mol. The van der Waals surface area contributed by atoms with Crippen molar-refractivity contribution in [1.29, 1.82) is 0 Å². The lowest BCUT2D eigenvalue weighted by atomic mass is 10.1. The summed E-state index contributed by atoms with van der Waals surface area (Å²) in [6.07, 6.45) is 0. The highest BCUT2D eigenvalue weighted by Gasteiger charge is 2.14. The second-order valence-electron chi connectivity index (χ2n) is 5.46. The first-order valence-electron chi connectivity index (χ1n) is 8.04. The minimum Gasteiger partial charge on any atom is -0.497 e. The largest absolute Gasteiger partial charge is 0.497 e. The number of alkyl halides is 2. The molecule has 0 saturated heterocycles. The molecule has 2 aromatic carbocycles. The first-order chi connectivity index (χ1) is 13.5. The van der Waals surface area contributed by atoms with Crippen LogP contribution in [0.25, 0.3) is 11.3 Å². The molecule has 0 unspecified atom stereocenters. The molecule has 0 aliphatic carbocycles. The topological polar surface area (TPSA) is 60.5 Å². The molecule has 28 heavy (non-hydrogen) atoms. The summed E-state index contributed by atoms with van der Waals surface area (Å²) >= 11 is 1.71. The van der Waals surface area contributed by atoms with Crippen LogP contribution in [-0.4, -0.2) is 30.9 Å². The van der Waals surface area contributed by atoms with Gasteiger partial charge in [0.25, 0.3) is 11.7 Å². The van der Waals surface area contributed by atoms with Gasteiger partial charge in [-0.05, 0) is 36.4 Å². The van der Waals surface area contributed by atoms with Crippen molar-refractivity contribution in [1.82, 2.24) is 4.98 Å². The van der Waals surface area contributed by atoms with Gasteiger partial charge in [-0.1, -0.05) is 11.8 Å². The van der Waals surface area contributed by atoms with E-state index in [9.17, 15) is 13.6 Å². The molecule has 0 bridgehead atoms. The van der Waals surface area contributed by atoms with Gasteiger partial charge < -0.3 is 9.47 Å². The zero-order valence-electron chi connectivity index (χ0n) is 14.9. The number of benzene rings is 2. The first-order valence-corrected chi connectivity index (χ1v) is 9.80. The number of carbonyl (C=O) groups excluding carboxylic acids is 1. The molecule has 1 amide bonds. The van der Waals surface area contributed by atoms with Gasteiger partial charge in [-0.25, -0.2) is 4.98 Å². The van der Waals surface area contributed by atoms with Crippen LogP contribution >= 0.6 is 23.1 Å². The monoisotopic (exact) mass is 422 g/mol. The van der Waals surface area contributed by atoms with E-state index in [2.05, 4.69) is 10.3 Å². The maximum absolute atomic E-state index is 12.4. The zero-order chi connectivity index (χ0) is 20.1. The van der Waals surface area contributed by atoms with E-state index < -0.39 is 5.76 Å². The Labute approximate surface area is 168 Å². The van der Waals surface area contributed by atoms with Crippen LogP contribution in [0.15, 0.2) is 52.7 Å². The third-order valence-electron chi connectivity index (χ3n) is 3.75. The van der Waals surface area contributed by atoms with Gasteiger partial charge in [0.1, 0.15) is 11.5 Å². The number of carbonyl (C=O) groups is 1. The van der Waals surface area contributed by atoms with E-state index in [-0.39, 0.29) is 5.91 Å². The van der Waals surface area contributed by atoms with Crippen LogP contribution in [0.5, 0.6) is 11.5 Å². The summed E-state index contributed by atoms with van der Waals surface area (Å²) in [5, 5.41) is 4.94. The van der Waals surface area contributed by atoms with Crippen LogP contribution in [0.4, 0.5) is 13.9 Å². The van der Waals surface area contributed by atoms with E-state index in [4.69, 9.17) is 9.47 Å². The van der Waals surface area contributed by atoms with Gasteiger partial charge in [0.2, 0.25) is 0 Å². The Hall–Kier alpha value is -2.65. The highest BCUT2D eigenvalue weighted by molar-refractivity contribution is 7.99. The predicted octanol–water partition coefficient (Wildman–Crippen LogP) is 5.39. The molecule has 0 saturated carbocycles. The summed E-state index contributed by atoms with van der Waals surface area (Å²) in [5.41, 5.74) is 1.79. The first kappa shape index (κ1) is 20.1. The van der Waals surface area contributed by atoms with E-state index in [1.807, 2.05) is 11.4 Å². The van der Waals surface area contributed by atoms with E-state index in [1.54, 1.807) is 26.4 Å². The number of amides is 1. The Morgan fingerprint density at radius 3 is 2.54 bits per heavy atom. The lowest BCUT2D eigenvalue weighted by Crippen LogP contribution is -2.11. The van der Waals surface area contributed by atoms with Crippen molar-refractivity contribution in [3.63, 3.8) is 0 Å². The number of hydrogen-bond donors (Lipinski definition) is 1. The van der Waals surface area contributed by atoms with Crippen LogP contribution in [0.2, 0.25) is 0 Å². The minimum atomic E-state index is -2.50. The Morgan fingerprint density at radius 1 is 1.14 bits per heavy atom. The van der Waals surface area contributed by atoms with Crippen molar-refractivity contribution in [3.8, 4) is 22.8 Å². The van der Waals surface area contributed by atoms with Crippen LogP contribution in [-0.2, 0) is 0 Å². The van der Waals surface area contributed by atoms with Crippen molar-refractivity contribution in [3.05, 3.63) is 53.4 Å².